The molecule has 1 aliphatic carbocycles. The van der Waals surface area contributed by atoms with Crippen LogP contribution in [0.5, 0.6) is 5.75 Å². The maximum atomic E-state index is 12.8. The maximum absolute atomic E-state index is 12.8. The van der Waals surface area contributed by atoms with E-state index >= 15 is 0 Å². The molecule has 4 rings (SSSR count). The lowest BCUT2D eigenvalue weighted by atomic mass is 9.76. The van der Waals surface area contributed by atoms with Crippen molar-refractivity contribution in [3.63, 3.8) is 0 Å². The summed E-state index contributed by atoms with van der Waals surface area (Å²) in [6.45, 7) is 2.13. The molecule has 2 fully saturated rings. The third-order valence-electron chi connectivity index (χ3n) is 5.90. The molecular formula is C23H24N2O4. The summed E-state index contributed by atoms with van der Waals surface area (Å²) in [6, 6.07) is 13.7. The summed E-state index contributed by atoms with van der Waals surface area (Å²) in [5.74, 6) is 0.222. The summed E-state index contributed by atoms with van der Waals surface area (Å²) >= 11 is 0. The van der Waals surface area contributed by atoms with Gasteiger partial charge in [0.15, 0.2) is 0 Å². The minimum Gasteiger partial charge on any atom is -0.497 e. The van der Waals surface area contributed by atoms with Gasteiger partial charge in [-0.15, -0.1) is 0 Å². The van der Waals surface area contributed by atoms with Crippen molar-refractivity contribution < 1.29 is 19.1 Å². The van der Waals surface area contributed by atoms with Crippen LogP contribution in [0.3, 0.4) is 0 Å². The van der Waals surface area contributed by atoms with Crippen molar-refractivity contribution in [1.29, 1.82) is 0 Å². The zero-order valence-electron chi connectivity index (χ0n) is 16.6. The first-order chi connectivity index (χ1) is 14.0. The summed E-state index contributed by atoms with van der Waals surface area (Å²) in [4.78, 5) is 39.4. The number of anilines is 2. The highest BCUT2D eigenvalue weighted by molar-refractivity contribution is 6.22. The first-order valence-corrected chi connectivity index (χ1v) is 9.91. The molecular weight excluding hydrogens is 368 g/mol. The molecule has 2 aromatic rings. The van der Waals surface area contributed by atoms with Crippen molar-refractivity contribution in [1.82, 2.24) is 0 Å². The van der Waals surface area contributed by atoms with Crippen molar-refractivity contribution >= 4 is 29.1 Å². The van der Waals surface area contributed by atoms with Crippen LogP contribution >= 0.6 is 0 Å². The average Bonchev–Trinajstić information content (AvgIpc) is 2.98. The molecule has 0 aromatic heterocycles. The molecule has 29 heavy (non-hydrogen) atoms. The summed E-state index contributed by atoms with van der Waals surface area (Å²) in [6.07, 6.45) is 2.53. The SMILES string of the molecule is COc1cccc(NC(=O)c2ccc(N3C(=O)[C@@H]4CC[C@H](C)C[C@H]4C3=O)cc2)c1. The van der Waals surface area contributed by atoms with E-state index in [0.29, 0.717) is 28.6 Å². The molecule has 0 bridgehead atoms. The minimum absolute atomic E-state index is 0.111. The van der Waals surface area contributed by atoms with Crippen LogP contribution in [0.2, 0.25) is 0 Å². The Hall–Kier alpha value is -3.15. The molecule has 3 atom stereocenters. The van der Waals surface area contributed by atoms with Gasteiger partial charge in [-0.1, -0.05) is 13.0 Å². The Morgan fingerprint density at radius 2 is 1.76 bits per heavy atom. The second-order valence-electron chi connectivity index (χ2n) is 7.88. The lowest BCUT2D eigenvalue weighted by Crippen LogP contribution is -2.30. The number of imide groups is 1. The molecule has 150 valence electrons. The summed E-state index contributed by atoms with van der Waals surface area (Å²) in [5.41, 5.74) is 1.60. The predicted octanol–water partition coefficient (Wildman–Crippen LogP) is 3.87. The van der Waals surface area contributed by atoms with E-state index in [1.54, 1.807) is 55.6 Å². The largest absolute Gasteiger partial charge is 0.497 e. The van der Waals surface area contributed by atoms with Gasteiger partial charge in [-0.25, -0.2) is 0 Å². The van der Waals surface area contributed by atoms with Crippen LogP contribution in [0.1, 0.15) is 36.5 Å². The fraction of sp³-hybridized carbons (Fsp3) is 0.348. The summed E-state index contributed by atoms with van der Waals surface area (Å²) < 4.78 is 5.16. The lowest BCUT2D eigenvalue weighted by molar-refractivity contribution is -0.122. The fourth-order valence-corrected chi connectivity index (χ4v) is 4.31. The van der Waals surface area contributed by atoms with Gasteiger partial charge in [0.05, 0.1) is 24.6 Å². The number of hydrogen-bond acceptors (Lipinski definition) is 4. The normalized spacial score (nSPS) is 23.7. The van der Waals surface area contributed by atoms with Crippen LogP contribution in [0.4, 0.5) is 11.4 Å². The van der Waals surface area contributed by atoms with Gasteiger partial charge in [0.25, 0.3) is 5.91 Å². The van der Waals surface area contributed by atoms with Crippen molar-refractivity contribution in [2.75, 3.05) is 17.3 Å². The monoisotopic (exact) mass is 392 g/mol. The van der Waals surface area contributed by atoms with Gasteiger partial charge in [-0.2, -0.15) is 0 Å². The Bertz CT molecular complexity index is 954. The molecule has 1 saturated heterocycles. The average molecular weight is 392 g/mol. The van der Waals surface area contributed by atoms with E-state index in [9.17, 15) is 14.4 Å². The highest BCUT2D eigenvalue weighted by atomic mass is 16.5. The Morgan fingerprint density at radius 3 is 2.48 bits per heavy atom. The zero-order valence-corrected chi connectivity index (χ0v) is 16.6. The van der Waals surface area contributed by atoms with Gasteiger partial charge < -0.3 is 10.1 Å². The number of hydrogen-bond donors (Lipinski definition) is 1. The van der Waals surface area contributed by atoms with Crippen LogP contribution in [0.15, 0.2) is 48.5 Å². The van der Waals surface area contributed by atoms with E-state index in [1.807, 2.05) is 0 Å². The molecule has 6 heteroatoms. The standard InChI is InChI=1S/C23H24N2O4/c1-14-6-11-19-20(12-14)23(28)25(22(19)27)17-9-7-15(8-10-17)21(26)24-16-4-3-5-18(13-16)29-2/h3-5,7-10,13-14,19-20H,6,11-12H2,1-2H3,(H,24,26)/t14-,19+,20+/m0/s1. The van der Waals surface area contributed by atoms with Crippen LogP contribution in [0, 0.1) is 17.8 Å². The first-order valence-electron chi connectivity index (χ1n) is 9.91. The van der Waals surface area contributed by atoms with E-state index in [-0.39, 0.29) is 29.6 Å². The Balaban J connectivity index is 1.49. The molecule has 1 saturated carbocycles. The number of methoxy groups -OCH3 is 1. The number of carbonyl (C=O) groups is 3. The third kappa shape index (κ3) is 3.62. The van der Waals surface area contributed by atoms with E-state index in [0.717, 1.165) is 19.3 Å². The number of fused-ring (bicyclic) bond motifs is 1. The van der Waals surface area contributed by atoms with Gasteiger partial charge in [0.2, 0.25) is 11.8 Å². The number of nitrogens with zero attached hydrogens (tertiary/aromatic N) is 1. The van der Waals surface area contributed by atoms with Crippen molar-refractivity contribution in [3.05, 3.63) is 54.1 Å². The lowest BCUT2D eigenvalue weighted by Gasteiger charge is -2.25. The molecule has 2 aromatic carbocycles. The molecule has 0 spiro atoms. The number of nitrogens with one attached hydrogen (secondary N) is 1. The first kappa shape index (κ1) is 19.2. The van der Waals surface area contributed by atoms with Crippen LogP contribution in [-0.2, 0) is 9.59 Å². The Labute approximate surface area is 169 Å². The molecule has 3 amide bonds. The van der Waals surface area contributed by atoms with Gasteiger partial charge in [-0.05, 0) is 61.6 Å². The number of rotatable bonds is 4. The minimum atomic E-state index is -0.272. The second-order valence-corrected chi connectivity index (χ2v) is 7.88. The van der Waals surface area contributed by atoms with E-state index < -0.39 is 0 Å². The molecule has 1 heterocycles. The van der Waals surface area contributed by atoms with Crippen LogP contribution in [-0.4, -0.2) is 24.8 Å². The van der Waals surface area contributed by atoms with Gasteiger partial charge in [0.1, 0.15) is 5.75 Å². The van der Waals surface area contributed by atoms with E-state index in [1.165, 1.54) is 4.90 Å². The molecule has 6 nitrogen and oxygen atoms in total. The molecule has 0 radical (unpaired) electrons. The molecule has 1 aliphatic heterocycles. The summed E-state index contributed by atoms with van der Waals surface area (Å²) in [7, 11) is 1.57. The molecule has 2 aliphatic rings. The van der Waals surface area contributed by atoms with E-state index in [2.05, 4.69) is 12.2 Å². The number of amides is 3. The van der Waals surface area contributed by atoms with Gasteiger partial charge in [-0.3, -0.25) is 19.3 Å². The van der Waals surface area contributed by atoms with E-state index in [4.69, 9.17) is 4.74 Å². The van der Waals surface area contributed by atoms with Crippen molar-refractivity contribution in [2.24, 2.45) is 17.8 Å². The van der Waals surface area contributed by atoms with Crippen LogP contribution in [0.25, 0.3) is 0 Å². The topological polar surface area (TPSA) is 75.7 Å². The van der Waals surface area contributed by atoms with Crippen molar-refractivity contribution in [3.8, 4) is 5.75 Å². The van der Waals surface area contributed by atoms with Gasteiger partial charge >= 0.3 is 0 Å². The smallest absolute Gasteiger partial charge is 0.255 e. The molecule has 0 unspecified atom stereocenters. The number of carbonyl (C=O) groups excluding carboxylic acids is 3. The zero-order chi connectivity index (χ0) is 20.5. The maximum Gasteiger partial charge on any atom is 0.255 e. The van der Waals surface area contributed by atoms with Crippen molar-refractivity contribution in [2.45, 2.75) is 26.2 Å². The highest BCUT2D eigenvalue weighted by Crippen LogP contribution is 2.42. The second kappa shape index (κ2) is 7.70. The quantitative estimate of drug-likeness (QED) is 0.802. The Morgan fingerprint density at radius 1 is 1.03 bits per heavy atom. The predicted molar refractivity (Wildman–Crippen MR) is 110 cm³/mol. The summed E-state index contributed by atoms with van der Waals surface area (Å²) in [5, 5.41) is 2.82. The van der Waals surface area contributed by atoms with Gasteiger partial charge in [0, 0.05) is 17.3 Å². The Kier molecular flexibility index (Phi) is 5.09. The molecule has 1 N–H and O–H groups in total. The number of ether oxygens (including phenoxy) is 1. The fourth-order valence-electron chi connectivity index (χ4n) is 4.31. The van der Waals surface area contributed by atoms with Crippen LogP contribution < -0.4 is 15.0 Å². The highest BCUT2D eigenvalue weighted by Gasteiger charge is 2.49. The third-order valence-corrected chi connectivity index (χ3v) is 5.90. The number of benzene rings is 2.